The lowest BCUT2D eigenvalue weighted by Gasteiger charge is -2.29. The summed E-state index contributed by atoms with van der Waals surface area (Å²) in [4.78, 5) is 0. The third-order valence-electron chi connectivity index (χ3n) is 4.44. The molecule has 1 aliphatic carbocycles. The smallest absolute Gasteiger partial charge is 0.162 e. The molecule has 2 nitrogen and oxygen atoms in total. The summed E-state index contributed by atoms with van der Waals surface area (Å²) in [6, 6.07) is 3.45. The highest BCUT2D eigenvalue weighted by molar-refractivity contribution is 5.29. The lowest BCUT2D eigenvalue weighted by molar-refractivity contribution is 0.0248. The predicted octanol–water partition coefficient (Wildman–Crippen LogP) is 4.61. The van der Waals surface area contributed by atoms with E-state index in [1.54, 1.807) is 19.2 Å². The summed E-state index contributed by atoms with van der Waals surface area (Å²) >= 11 is 0. The molecular weight excluding hydrogens is 286 g/mol. The molecule has 0 unspecified atom stereocenters. The molecule has 0 aliphatic heterocycles. The van der Waals surface area contributed by atoms with E-state index >= 15 is 0 Å². The Morgan fingerprint density at radius 3 is 2.41 bits per heavy atom. The van der Waals surface area contributed by atoms with Gasteiger partial charge in [-0.2, -0.15) is 0 Å². The number of methoxy groups -OCH3 is 1. The fourth-order valence-corrected chi connectivity index (χ4v) is 3.15. The van der Waals surface area contributed by atoms with Crippen molar-refractivity contribution < 1.29 is 18.3 Å². The second-order valence-corrected chi connectivity index (χ2v) is 6.03. The Labute approximate surface area is 131 Å². The number of halogens is 2. The van der Waals surface area contributed by atoms with Crippen LogP contribution < -0.4 is 0 Å². The first-order valence-electron chi connectivity index (χ1n) is 8.24. The quantitative estimate of drug-likeness (QED) is 0.732. The summed E-state index contributed by atoms with van der Waals surface area (Å²) in [5.41, 5.74) is 0.913. The minimum Gasteiger partial charge on any atom is -0.384 e. The van der Waals surface area contributed by atoms with Crippen LogP contribution in [0.25, 0.3) is 0 Å². The van der Waals surface area contributed by atoms with Gasteiger partial charge in [0.1, 0.15) is 0 Å². The van der Waals surface area contributed by atoms with Crippen LogP contribution in [0.3, 0.4) is 0 Å². The third kappa shape index (κ3) is 4.26. The second-order valence-electron chi connectivity index (χ2n) is 6.03. The van der Waals surface area contributed by atoms with E-state index in [0.29, 0.717) is 24.2 Å². The lowest BCUT2D eigenvalue weighted by atomic mass is 9.82. The van der Waals surface area contributed by atoms with E-state index in [1.165, 1.54) is 0 Å². The molecule has 4 heteroatoms. The Balaban J connectivity index is 2.00. The average molecular weight is 312 g/mol. The van der Waals surface area contributed by atoms with Crippen molar-refractivity contribution in [2.24, 2.45) is 0 Å². The van der Waals surface area contributed by atoms with Crippen molar-refractivity contribution in [1.29, 1.82) is 0 Å². The molecule has 0 aromatic heterocycles. The molecule has 2 rings (SSSR count). The molecule has 0 radical (unpaired) electrons. The summed E-state index contributed by atoms with van der Waals surface area (Å²) in [5.74, 6) is -1.28. The lowest BCUT2D eigenvalue weighted by Crippen LogP contribution is -2.22. The SMILES string of the molecule is CCCOC1CCC(c2ccc(CCOC)c(F)c2F)CC1. The van der Waals surface area contributed by atoms with Crippen molar-refractivity contribution in [3.8, 4) is 0 Å². The molecular formula is C18H26F2O2. The van der Waals surface area contributed by atoms with Crippen LogP contribution in [0.5, 0.6) is 0 Å². The summed E-state index contributed by atoms with van der Waals surface area (Å²) in [6.45, 7) is 3.27. The van der Waals surface area contributed by atoms with Gasteiger partial charge in [-0.25, -0.2) is 8.78 Å². The van der Waals surface area contributed by atoms with E-state index in [0.717, 1.165) is 38.7 Å². The first kappa shape index (κ1) is 17.4. The van der Waals surface area contributed by atoms with Crippen LogP contribution >= 0.6 is 0 Å². The van der Waals surface area contributed by atoms with Crippen LogP contribution in [0.1, 0.15) is 56.1 Å². The zero-order valence-electron chi connectivity index (χ0n) is 13.5. The fraction of sp³-hybridized carbons (Fsp3) is 0.667. The second kappa shape index (κ2) is 8.59. The Kier molecular flexibility index (Phi) is 6.77. The maximum absolute atomic E-state index is 14.3. The van der Waals surface area contributed by atoms with Gasteiger partial charge >= 0.3 is 0 Å². The highest BCUT2D eigenvalue weighted by atomic mass is 19.2. The molecule has 0 N–H and O–H groups in total. The summed E-state index contributed by atoms with van der Waals surface area (Å²) < 4.78 is 39.1. The normalized spacial score (nSPS) is 22.0. The van der Waals surface area contributed by atoms with Gasteiger partial charge in [0.2, 0.25) is 0 Å². The molecule has 1 fully saturated rings. The van der Waals surface area contributed by atoms with E-state index in [4.69, 9.17) is 9.47 Å². The van der Waals surface area contributed by atoms with E-state index in [9.17, 15) is 8.78 Å². The van der Waals surface area contributed by atoms with Gasteiger partial charge in [0, 0.05) is 13.7 Å². The Morgan fingerprint density at radius 2 is 1.77 bits per heavy atom. The van der Waals surface area contributed by atoms with Gasteiger partial charge in [-0.05, 0) is 55.6 Å². The summed E-state index contributed by atoms with van der Waals surface area (Å²) in [7, 11) is 1.56. The van der Waals surface area contributed by atoms with Crippen molar-refractivity contribution in [2.45, 2.75) is 57.5 Å². The van der Waals surface area contributed by atoms with Gasteiger partial charge in [0.25, 0.3) is 0 Å². The highest BCUT2D eigenvalue weighted by Gasteiger charge is 2.26. The monoisotopic (exact) mass is 312 g/mol. The molecule has 22 heavy (non-hydrogen) atoms. The number of benzene rings is 1. The van der Waals surface area contributed by atoms with Crippen LogP contribution in [0.15, 0.2) is 12.1 Å². The number of hydrogen-bond acceptors (Lipinski definition) is 2. The van der Waals surface area contributed by atoms with Gasteiger partial charge in [-0.15, -0.1) is 0 Å². The zero-order chi connectivity index (χ0) is 15.9. The van der Waals surface area contributed by atoms with Gasteiger partial charge in [0.15, 0.2) is 11.6 Å². The molecule has 0 bridgehead atoms. The first-order valence-corrected chi connectivity index (χ1v) is 8.24. The zero-order valence-corrected chi connectivity index (χ0v) is 13.5. The van der Waals surface area contributed by atoms with Crippen LogP contribution in [0.4, 0.5) is 8.78 Å². The summed E-state index contributed by atoms with van der Waals surface area (Å²) in [5, 5.41) is 0. The van der Waals surface area contributed by atoms with Crippen molar-refractivity contribution in [1.82, 2.24) is 0 Å². The highest BCUT2D eigenvalue weighted by Crippen LogP contribution is 2.36. The molecule has 0 atom stereocenters. The van der Waals surface area contributed by atoms with Gasteiger partial charge < -0.3 is 9.47 Å². The largest absolute Gasteiger partial charge is 0.384 e. The molecule has 0 amide bonds. The minimum atomic E-state index is -0.709. The molecule has 124 valence electrons. The standard InChI is InChI=1S/C18H26F2O2/c1-3-11-22-15-7-4-13(5-8-15)16-9-6-14(10-12-21-2)17(19)18(16)20/h6,9,13,15H,3-5,7-8,10-12H2,1-2H3. The van der Waals surface area contributed by atoms with E-state index < -0.39 is 11.6 Å². The van der Waals surface area contributed by atoms with E-state index in [1.807, 2.05) is 0 Å². The summed E-state index contributed by atoms with van der Waals surface area (Å²) in [6.07, 6.45) is 5.28. The maximum atomic E-state index is 14.3. The molecule has 0 spiro atoms. The molecule has 1 saturated carbocycles. The molecule has 0 saturated heterocycles. The third-order valence-corrected chi connectivity index (χ3v) is 4.44. The molecule has 1 aliphatic rings. The Bertz CT molecular complexity index is 468. The van der Waals surface area contributed by atoms with Crippen molar-refractivity contribution in [3.63, 3.8) is 0 Å². The number of hydrogen-bond donors (Lipinski definition) is 0. The number of ether oxygens (including phenoxy) is 2. The minimum absolute atomic E-state index is 0.104. The molecule has 1 aromatic rings. The Morgan fingerprint density at radius 1 is 1.05 bits per heavy atom. The maximum Gasteiger partial charge on any atom is 0.162 e. The predicted molar refractivity (Wildman–Crippen MR) is 83.2 cm³/mol. The van der Waals surface area contributed by atoms with Crippen LogP contribution in [-0.4, -0.2) is 26.4 Å². The Hall–Kier alpha value is -1.00. The molecule has 1 aromatic carbocycles. The van der Waals surface area contributed by atoms with Crippen molar-refractivity contribution in [2.75, 3.05) is 20.3 Å². The topological polar surface area (TPSA) is 18.5 Å². The van der Waals surface area contributed by atoms with Crippen LogP contribution in [0.2, 0.25) is 0 Å². The van der Waals surface area contributed by atoms with Gasteiger partial charge in [-0.3, -0.25) is 0 Å². The van der Waals surface area contributed by atoms with Crippen LogP contribution in [0, 0.1) is 11.6 Å². The first-order chi connectivity index (χ1) is 10.7. The van der Waals surface area contributed by atoms with E-state index in [2.05, 4.69) is 6.92 Å². The number of rotatable bonds is 7. The van der Waals surface area contributed by atoms with Crippen LogP contribution in [-0.2, 0) is 15.9 Å². The van der Waals surface area contributed by atoms with E-state index in [-0.39, 0.29) is 12.0 Å². The van der Waals surface area contributed by atoms with Gasteiger partial charge in [0.05, 0.1) is 12.7 Å². The fourth-order valence-electron chi connectivity index (χ4n) is 3.15. The average Bonchev–Trinajstić information content (AvgIpc) is 2.55. The van der Waals surface area contributed by atoms with Crippen molar-refractivity contribution in [3.05, 3.63) is 34.9 Å². The van der Waals surface area contributed by atoms with Crippen molar-refractivity contribution >= 4 is 0 Å². The molecule has 0 heterocycles. The van der Waals surface area contributed by atoms with Gasteiger partial charge in [-0.1, -0.05) is 19.1 Å².